The molecular weight excluding hydrogens is 672 g/mol. The SMILES string of the molecule is C=C(NC(COC(=O)NCC1CC1)C(C)(C)C)NC(C(=O)N1C[C@H]2[C@@H](C1C(=O)NC(CCC1CC1)C(=O)C(=O)NC1CC1)C2(C)C)C1(C)CCCCC1. The molecule has 1 saturated heterocycles. The third-order valence-electron chi connectivity index (χ3n) is 13.4. The Balaban J connectivity index is 1.17. The maximum atomic E-state index is 15.0. The Morgan fingerprint density at radius 1 is 0.887 bits per heavy atom. The second kappa shape index (κ2) is 15.4. The van der Waals surface area contributed by atoms with Crippen molar-refractivity contribution in [3.63, 3.8) is 0 Å². The molecule has 6 fully saturated rings. The molecule has 0 aromatic rings. The molecule has 0 spiro atoms. The number of nitrogens with zero attached hydrogens (tertiary/aromatic N) is 1. The van der Waals surface area contributed by atoms with E-state index in [-0.39, 0.29) is 58.6 Å². The van der Waals surface area contributed by atoms with Crippen molar-refractivity contribution < 1.29 is 28.7 Å². The molecule has 1 heterocycles. The van der Waals surface area contributed by atoms with E-state index < -0.39 is 35.9 Å². The zero-order valence-electron chi connectivity index (χ0n) is 33.1. The highest BCUT2D eigenvalue weighted by Crippen LogP contribution is 2.65. The van der Waals surface area contributed by atoms with Crippen LogP contribution in [0.4, 0.5) is 4.79 Å². The van der Waals surface area contributed by atoms with E-state index in [9.17, 15) is 24.0 Å². The Kier molecular flexibility index (Phi) is 11.5. The summed E-state index contributed by atoms with van der Waals surface area (Å²) in [6.45, 7) is 18.2. The van der Waals surface area contributed by atoms with Crippen LogP contribution in [0.15, 0.2) is 12.4 Å². The van der Waals surface area contributed by atoms with Crippen molar-refractivity contribution in [2.45, 2.75) is 155 Å². The molecule has 4 amide bonds. The summed E-state index contributed by atoms with van der Waals surface area (Å²) in [5.41, 5.74) is -0.809. The molecule has 6 aliphatic rings. The van der Waals surface area contributed by atoms with E-state index in [1.807, 2.05) is 0 Å². The van der Waals surface area contributed by atoms with Crippen molar-refractivity contribution >= 4 is 29.6 Å². The van der Waals surface area contributed by atoms with Crippen LogP contribution in [0, 0.1) is 39.9 Å². The number of nitrogens with one attached hydrogen (secondary N) is 5. The van der Waals surface area contributed by atoms with Gasteiger partial charge in [0.2, 0.25) is 17.6 Å². The number of carbonyl (C=O) groups excluding carboxylic acids is 5. The van der Waals surface area contributed by atoms with Gasteiger partial charge in [0, 0.05) is 19.1 Å². The van der Waals surface area contributed by atoms with E-state index in [0.29, 0.717) is 37.2 Å². The van der Waals surface area contributed by atoms with E-state index in [1.165, 1.54) is 0 Å². The summed E-state index contributed by atoms with van der Waals surface area (Å²) in [5.74, 6) is -0.0459. The highest BCUT2D eigenvalue weighted by molar-refractivity contribution is 6.38. The molecule has 6 atom stereocenters. The van der Waals surface area contributed by atoms with Gasteiger partial charge in [-0.25, -0.2) is 4.79 Å². The predicted molar refractivity (Wildman–Crippen MR) is 202 cm³/mol. The molecule has 296 valence electrons. The van der Waals surface area contributed by atoms with Crippen molar-refractivity contribution in [1.29, 1.82) is 0 Å². The Labute approximate surface area is 316 Å². The van der Waals surface area contributed by atoms with Gasteiger partial charge < -0.3 is 36.2 Å². The van der Waals surface area contributed by atoms with E-state index in [2.05, 4.69) is 74.7 Å². The summed E-state index contributed by atoms with van der Waals surface area (Å²) in [6, 6.07) is -2.56. The van der Waals surface area contributed by atoms with Crippen LogP contribution in [0.3, 0.4) is 0 Å². The summed E-state index contributed by atoms with van der Waals surface area (Å²) in [6.07, 6.45) is 11.8. The zero-order chi connectivity index (χ0) is 38.3. The summed E-state index contributed by atoms with van der Waals surface area (Å²) >= 11 is 0. The van der Waals surface area contributed by atoms with Crippen molar-refractivity contribution in [3.8, 4) is 0 Å². The number of amides is 4. The van der Waals surface area contributed by atoms with Crippen LogP contribution in [-0.4, -0.2) is 84.4 Å². The molecule has 12 heteroatoms. The van der Waals surface area contributed by atoms with Crippen LogP contribution in [0.25, 0.3) is 0 Å². The maximum absolute atomic E-state index is 15.0. The minimum atomic E-state index is -0.916. The molecule has 5 saturated carbocycles. The summed E-state index contributed by atoms with van der Waals surface area (Å²) in [7, 11) is 0. The fourth-order valence-corrected chi connectivity index (χ4v) is 8.83. The van der Waals surface area contributed by atoms with Crippen LogP contribution in [-0.2, 0) is 23.9 Å². The smallest absolute Gasteiger partial charge is 0.407 e. The average molecular weight is 739 g/mol. The molecular formula is C41H66N6O6. The Bertz CT molecular complexity index is 1420. The molecule has 5 aliphatic carbocycles. The molecule has 4 unspecified atom stereocenters. The maximum Gasteiger partial charge on any atom is 0.407 e. The number of ketones is 1. The minimum Gasteiger partial charge on any atom is -0.447 e. The van der Waals surface area contributed by atoms with Gasteiger partial charge in [0.25, 0.3) is 5.91 Å². The Hall–Kier alpha value is -3.31. The molecule has 53 heavy (non-hydrogen) atoms. The number of alkyl carbamates (subject to hydrolysis) is 1. The Morgan fingerprint density at radius 3 is 2.15 bits per heavy atom. The standard InChI is InChI=1S/C41H66N6O6/c1-24(43-30(39(2,3)4)23-53-38(52)42-21-26-13-14-26)44-34(41(7)19-9-8-10-20-41)37(51)47-22-28-31(40(28,5)6)32(47)35(49)46-29(18-15-25-11-12-25)33(48)36(50)45-27-16-17-27/h25-32,34,43-44H,1,8-23H2,2-7H3,(H,42,52)(H,45,50)(H,46,49)/t28-,29?,30?,31-,32?,34?/m0/s1. The van der Waals surface area contributed by atoms with Gasteiger partial charge in [-0.05, 0) is 91.3 Å². The lowest BCUT2D eigenvalue weighted by atomic mass is 9.70. The molecule has 0 radical (unpaired) electrons. The van der Waals surface area contributed by atoms with E-state index >= 15 is 0 Å². The number of carbonyl (C=O) groups is 5. The lowest BCUT2D eigenvalue weighted by Gasteiger charge is -2.44. The van der Waals surface area contributed by atoms with Gasteiger partial charge in [-0.15, -0.1) is 0 Å². The van der Waals surface area contributed by atoms with E-state index in [0.717, 1.165) is 77.0 Å². The van der Waals surface area contributed by atoms with Gasteiger partial charge in [0.05, 0.1) is 17.9 Å². The van der Waals surface area contributed by atoms with Crippen LogP contribution in [0.5, 0.6) is 0 Å². The van der Waals surface area contributed by atoms with Crippen LogP contribution in [0.1, 0.15) is 125 Å². The second-order valence-electron chi connectivity index (χ2n) is 19.3. The molecule has 0 aromatic carbocycles. The fraction of sp³-hybridized carbons (Fsp3) is 0.829. The molecule has 0 bridgehead atoms. The van der Waals surface area contributed by atoms with Gasteiger partial charge in [-0.2, -0.15) is 0 Å². The third-order valence-corrected chi connectivity index (χ3v) is 13.4. The number of fused-ring (bicyclic) bond motifs is 1. The first-order chi connectivity index (χ1) is 25.0. The first kappa shape index (κ1) is 39.4. The van der Waals surface area contributed by atoms with Gasteiger partial charge in [0.15, 0.2) is 0 Å². The predicted octanol–water partition coefficient (Wildman–Crippen LogP) is 4.53. The highest BCUT2D eigenvalue weighted by atomic mass is 16.5. The highest BCUT2D eigenvalue weighted by Gasteiger charge is 2.70. The van der Waals surface area contributed by atoms with Gasteiger partial charge in [-0.3, -0.25) is 19.2 Å². The number of likely N-dealkylation sites (tertiary alicyclic amines) is 1. The fourth-order valence-electron chi connectivity index (χ4n) is 8.83. The first-order valence-corrected chi connectivity index (χ1v) is 20.6. The van der Waals surface area contributed by atoms with Gasteiger partial charge in [0.1, 0.15) is 18.7 Å². The van der Waals surface area contributed by atoms with Crippen LogP contribution < -0.4 is 26.6 Å². The minimum absolute atomic E-state index is 0.0412. The van der Waals surface area contributed by atoms with Crippen molar-refractivity contribution in [2.75, 3.05) is 19.7 Å². The largest absolute Gasteiger partial charge is 0.447 e. The number of rotatable bonds is 18. The van der Waals surface area contributed by atoms with Crippen LogP contribution in [0.2, 0.25) is 0 Å². The molecule has 5 N–H and O–H groups in total. The lowest BCUT2D eigenvalue weighted by molar-refractivity contribution is -0.146. The second-order valence-corrected chi connectivity index (χ2v) is 19.3. The zero-order valence-corrected chi connectivity index (χ0v) is 33.1. The van der Waals surface area contributed by atoms with E-state index in [4.69, 9.17) is 4.74 Å². The molecule has 0 aromatic heterocycles. The first-order valence-electron chi connectivity index (χ1n) is 20.6. The monoisotopic (exact) mass is 739 g/mol. The normalized spacial score (nSPS) is 27.3. The van der Waals surface area contributed by atoms with Gasteiger partial charge >= 0.3 is 6.09 Å². The Morgan fingerprint density at radius 2 is 1.55 bits per heavy atom. The molecule has 1 aliphatic heterocycles. The van der Waals surface area contributed by atoms with Gasteiger partial charge in [-0.1, -0.05) is 80.2 Å². The summed E-state index contributed by atoms with van der Waals surface area (Å²) in [5, 5.41) is 15.6. The molecule has 6 rings (SSSR count). The third kappa shape index (κ3) is 9.68. The number of Topliss-reactive ketones (excluding diaryl/α,β-unsaturated/α-hetero) is 1. The van der Waals surface area contributed by atoms with Crippen molar-refractivity contribution in [3.05, 3.63) is 12.4 Å². The van der Waals surface area contributed by atoms with E-state index in [1.54, 1.807) is 4.90 Å². The van der Waals surface area contributed by atoms with Crippen molar-refractivity contribution in [2.24, 2.45) is 39.9 Å². The quantitative estimate of drug-likeness (QED) is 0.128. The molecule has 12 nitrogen and oxygen atoms in total. The summed E-state index contributed by atoms with van der Waals surface area (Å²) in [4.78, 5) is 69.9. The topological polar surface area (TPSA) is 158 Å². The number of ether oxygens (including phenoxy) is 1. The number of hydrogen-bond acceptors (Lipinski definition) is 8. The summed E-state index contributed by atoms with van der Waals surface area (Å²) < 4.78 is 5.62. The van der Waals surface area contributed by atoms with Crippen LogP contribution >= 0.6 is 0 Å². The number of piperidine rings is 1. The number of hydrogen-bond donors (Lipinski definition) is 5. The van der Waals surface area contributed by atoms with Crippen molar-refractivity contribution in [1.82, 2.24) is 31.5 Å². The average Bonchev–Trinajstić information content (AvgIpc) is 3.91. The lowest BCUT2D eigenvalue weighted by Crippen LogP contribution is -2.61.